The highest BCUT2D eigenvalue weighted by Gasteiger charge is 2.30. The molecule has 0 amide bonds. The molecule has 0 radical (unpaired) electrons. The van der Waals surface area contributed by atoms with E-state index in [1.807, 2.05) is 0 Å². The molecule has 2 rings (SSSR count). The molecule has 1 N–H and O–H groups in total. The van der Waals surface area contributed by atoms with Crippen LogP contribution in [0.15, 0.2) is 22.8 Å². The molecule has 0 aliphatic heterocycles. The van der Waals surface area contributed by atoms with E-state index in [4.69, 9.17) is 9.52 Å². The number of aliphatic carboxylic acids is 1. The molecule has 0 atom stereocenters. The Balaban J connectivity index is 2.58. The first kappa shape index (κ1) is 12.5. The van der Waals surface area contributed by atoms with E-state index in [9.17, 15) is 13.6 Å². The molecule has 0 saturated heterocycles. The zero-order valence-corrected chi connectivity index (χ0v) is 9.96. The predicted molar refractivity (Wildman–Crippen MR) is 61.3 cm³/mol. The van der Waals surface area contributed by atoms with Crippen LogP contribution in [0.4, 0.5) is 8.78 Å². The lowest BCUT2D eigenvalue weighted by Gasteiger charge is -2.19. The highest BCUT2D eigenvalue weighted by Crippen LogP contribution is 2.31. The number of halogens is 2. The molecule has 5 heteroatoms. The van der Waals surface area contributed by atoms with Crippen LogP contribution < -0.4 is 0 Å². The number of hydrogen-bond donors (Lipinski definition) is 1. The minimum absolute atomic E-state index is 0.0710. The first-order chi connectivity index (χ1) is 8.33. The van der Waals surface area contributed by atoms with Gasteiger partial charge < -0.3 is 9.52 Å². The van der Waals surface area contributed by atoms with Gasteiger partial charge in [-0.1, -0.05) is 0 Å². The normalized spacial score (nSPS) is 12.0. The monoisotopic (exact) mass is 254 g/mol. The summed E-state index contributed by atoms with van der Waals surface area (Å²) in [6, 6.07) is 2.15. The fourth-order valence-corrected chi connectivity index (χ4v) is 1.80. The van der Waals surface area contributed by atoms with Crippen molar-refractivity contribution in [3.05, 3.63) is 35.6 Å². The lowest BCUT2D eigenvalue weighted by molar-refractivity contribution is -0.146. The predicted octanol–water partition coefficient (Wildman–Crippen LogP) is 3.36. The van der Waals surface area contributed by atoms with Crippen molar-refractivity contribution in [2.45, 2.75) is 20.3 Å². The second-order valence-corrected chi connectivity index (χ2v) is 4.85. The summed E-state index contributed by atoms with van der Waals surface area (Å²) in [7, 11) is 0. The van der Waals surface area contributed by atoms with Gasteiger partial charge >= 0.3 is 5.97 Å². The second-order valence-electron chi connectivity index (χ2n) is 4.85. The van der Waals surface area contributed by atoms with E-state index in [0.717, 1.165) is 6.07 Å². The smallest absolute Gasteiger partial charge is 0.309 e. The summed E-state index contributed by atoms with van der Waals surface area (Å²) in [4.78, 5) is 11.1. The maximum atomic E-state index is 13.8. The molecule has 0 bridgehead atoms. The van der Waals surface area contributed by atoms with Gasteiger partial charge in [0, 0.05) is 11.6 Å². The summed E-state index contributed by atoms with van der Waals surface area (Å²) in [6.07, 6.45) is 1.18. The molecule has 0 aliphatic rings. The van der Waals surface area contributed by atoms with Crippen molar-refractivity contribution in [2.75, 3.05) is 0 Å². The molecule has 0 aliphatic carbocycles. The van der Waals surface area contributed by atoms with Crippen molar-refractivity contribution in [1.29, 1.82) is 0 Å². The molecule has 0 unspecified atom stereocenters. The summed E-state index contributed by atoms with van der Waals surface area (Å²) in [5.41, 5.74) is -0.996. The third kappa shape index (κ3) is 1.96. The topological polar surface area (TPSA) is 50.4 Å². The maximum absolute atomic E-state index is 13.8. The van der Waals surface area contributed by atoms with Crippen LogP contribution in [0.25, 0.3) is 11.0 Å². The van der Waals surface area contributed by atoms with Crippen LogP contribution in [0.3, 0.4) is 0 Å². The molecule has 0 fully saturated rings. The number of carboxylic acids is 1. The van der Waals surface area contributed by atoms with Crippen molar-refractivity contribution in [1.82, 2.24) is 0 Å². The van der Waals surface area contributed by atoms with Crippen LogP contribution in [-0.4, -0.2) is 11.1 Å². The van der Waals surface area contributed by atoms with E-state index < -0.39 is 23.0 Å². The van der Waals surface area contributed by atoms with Crippen LogP contribution in [0.1, 0.15) is 19.4 Å². The second kappa shape index (κ2) is 4.08. The van der Waals surface area contributed by atoms with Gasteiger partial charge in [0.2, 0.25) is 0 Å². The summed E-state index contributed by atoms with van der Waals surface area (Å²) in [5, 5.41) is 9.20. The van der Waals surface area contributed by atoms with Crippen molar-refractivity contribution in [2.24, 2.45) is 5.41 Å². The number of fused-ring (bicyclic) bond motifs is 1. The SMILES string of the molecule is CC(C)(Cc1c(F)cc(F)c2ccoc12)C(=O)O. The third-order valence-corrected chi connectivity index (χ3v) is 2.94. The minimum Gasteiger partial charge on any atom is -0.481 e. The number of benzene rings is 1. The fraction of sp³-hybridized carbons (Fsp3) is 0.308. The van der Waals surface area contributed by atoms with Gasteiger partial charge in [0.25, 0.3) is 0 Å². The molecule has 18 heavy (non-hydrogen) atoms. The summed E-state index contributed by atoms with van der Waals surface area (Å²) in [6.45, 7) is 2.96. The van der Waals surface area contributed by atoms with Crippen molar-refractivity contribution in [3.8, 4) is 0 Å². The number of furan rings is 1. The van der Waals surface area contributed by atoms with Crippen LogP contribution in [0.5, 0.6) is 0 Å². The van der Waals surface area contributed by atoms with Gasteiger partial charge in [-0.05, 0) is 26.3 Å². The van der Waals surface area contributed by atoms with Gasteiger partial charge in [-0.2, -0.15) is 0 Å². The van der Waals surface area contributed by atoms with Crippen LogP contribution in [0, 0.1) is 17.0 Å². The largest absolute Gasteiger partial charge is 0.481 e. The Morgan fingerprint density at radius 2 is 2.06 bits per heavy atom. The Hall–Kier alpha value is -1.91. The number of carbonyl (C=O) groups is 1. The van der Waals surface area contributed by atoms with Crippen molar-refractivity contribution in [3.63, 3.8) is 0 Å². The Morgan fingerprint density at radius 1 is 1.39 bits per heavy atom. The van der Waals surface area contributed by atoms with Gasteiger partial charge in [-0.15, -0.1) is 0 Å². The Morgan fingerprint density at radius 3 is 2.67 bits per heavy atom. The lowest BCUT2D eigenvalue weighted by atomic mass is 9.85. The van der Waals surface area contributed by atoms with Crippen LogP contribution >= 0.6 is 0 Å². The van der Waals surface area contributed by atoms with Gasteiger partial charge in [0.1, 0.15) is 17.2 Å². The highest BCUT2D eigenvalue weighted by molar-refractivity contribution is 5.82. The van der Waals surface area contributed by atoms with E-state index in [-0.39, 0.29) is 23.0 Å². The van der Waals surface area contributed by atoms with E-state index in [1.54, 1.807) is 0 Å². The van der Waals surface area contributed by atoms with Crippen LogP contribution in [0.2, 0.25) is 0 Å². The van der Waals surface area contributed by atoms with Crippen LogP contribution in [-0.2, 0) is 11.2 Å². The molecule has 1 aromatic heterocycles. The Labute approximate surface area is 102 Å². The molecule has 0 saturated carbocycles. The molecular formula is C13H12F2O3. The van der Waals surface area contributed by atoms with E-state index in [0.29, 0.717) is 0 Å². The average molecular weight is 254 g/mol. The van der Waals surface area contributed by atoms with Gasteiger partial charge in [-0.3, -0.25) is 4.79 Å². The summed E-state index contributed by atoms with van der Waals surface area (Å²) >= 11 is 0. The van der Waals surface area contributed by atoms with Gasteiger partial charge in [-0.25, -0.2) is 8.78 Å². The first-order valence-electron chi connectivity index (χ1n) is 5.40. The first-order valence-corrected chi connectivity index (χ1v) is 5.40. The standard InChI is InChI=1S/C13H12F2O3/c1-13(2,12(16)17)6-8-10(15)5-9(14)7-3-4-18-11(7)8/h3-5H,6H2,1-2H3,(H,16,17). The minimum atomic E-state index is -1.15. The highest BCUT2D eigenvalue weighted by atomic mass is 19.1. The van der Waals surface area contributed by atoms with E-state index in [2.05, 4.69) is 0 Å². The summed E-state index contributed by atoms with van der Waals surface area (Å²) in [5.74, 6) is -2.55. The van der Waals surface area contributed by atoms with E-state index in [1.165, 1.54) is 26.2 Å². The third-order valence-electron chi connectivity index (χ3n) is 2.94. The molecule has 3 nitrogen and oxygen atoms in total. The summed E-state index contributed by atoms with van der Waals surface area (Å²) < 4.78 is 32.3. The van der Waals surface area contributed by atoms with Crippen molar-refractivity contribution < 1.29 is 23.1 Å². The number of carboxylic acid groups (broad SMARTS) is 1. The Bertz CT molecular complexity index is 614. The zero-order chi connectivity index (χ0) is 13.5. The quantitative estimate of drug-likeness (QED) is 0.913. The molecule has 1 heterocycles. The molecule has 0 spiro atoms. The molecule has 2 aromatic rings. The lowest BCUT2D eigenvalue weighted by Crippen LogP contribution is -2.26. The maximum Gasteiger partial charge on any atom is 0.309 e. The molecule has 1 aromatic carbocycles. The molecular weight excluding hydrogens is 242 g/mol. The zero-order valence-electron chi connectivity index (χ0n) is 9.96. The van der Waals surface area contributed by atoms with Gasteiger partial charge in [0.05, 0.1) is 17.1 Å². The molecule has 96 valence electrons. The van der Waals surface area contributed by atoms with Crippen molar-refractivity contribution >= 4 is 16.9 Å². The van der Waals surface area contributed by atoms with Gasteiger partial charge in [0.15, 0.2) is 0 Å². The Kier molecular flexibility index (Phi) is 2.84. The average Bonchev–Trinajstić information content (AvgIpc) is 2.73. The number of rotatable bonds is 3. The van der Waals surface area contributed by atoms with E-state index >= 15 is 0 Å². The number of hydrogen-bond acceptors (Lipinski definition) is 2. The fourth-order valence-electron chi connectivity index (χ4n) is 1.80.